The highest BCUT2D eigenvalue weighted by Gasteiger charge is 2.28. The summed E-state index contributed by atoms with van der Waals surface area (Å²) >= 11 is 0. The van der Waals surface area contributed by atoms with Gasteiger partial charge in [-0.3, -0.25) is 4.79 Å². The molecule has 0 N–H and O–H groups in total. The van der Waals surface area contributed by atoms with Crippen molar-refractivity contribution in [2.75, 3.05) is 14.2 Å². The molecule has 0 saturated carbocycles. The van der Waals surface area contributed by atoms with Crippen molar-refractivity contribution in [2.24, 2.45) is 0 Å². The minimum atomic E-state index is -2.07. The summed E-state index contributed by atoms with van der Waals surface area (Å²) in [5.74, 6) is 0.162. The third-order valence-corrected chi connectivity index (χ3v) is 5.34. The van der Waals surface area contributed by atoms with Crippen molar-refractivity contribution >= 4 is 19.5 Å². The molecule has 21 heavy (non-hydrogen) atoms. The zero-order chi connectivity index (χ0) is 15.7. The van der Waals surface area contributed by atoms with E-state index in [4.69, 9.17) is 9.16 Å². The lowest BCUT2D eigenvalue weighted by atomic mass is 10.4. The molecule has 0 fully saturated rings. The average Bonchev–Trinajstić information content (AvgIpc) is 2.50. The predicted octanol–water partition coefficient (Wildman–Crippen LogP) is 2.72. The van der Waals surface area contributed by atoms with Crippen LogP contribution in [0.3, 0.4) is 0 Å². The molecule has 1 aromatic rings. The minimum Gasteiger partial charge on any atom is -0.515 e. The van der Waals surface area contributed by atoms with Gasteiger partial charge in [-0.05, 0) is 18.3 Å². The van der Waals surface area contributed by atoms with Gasteiger partial charge >= 0.3 is 5.97 Å². The van der Waals surface area contributed by atoms with E-state index in [-0.39, 0.29) is 12.4 Å². The molecule has 4 nitrogen and oxygen atoms in total. The van der Waals surface area contributed by atoms with E-state index in [1.54, 1.807) is 25.3 Å². The molecule has 0 saturated heterocycles. The zero-order valence-electron chi connectivity index (χ0n) is 13.0. The first-order valence-corrected chi connectivity index (χ1v) is 9.62. The highest BCUT2D eigenvalue weighted by molar-refractivity contribution is 6.84. The first-order valence-electron chi connectivity index (χ1n) is 6.71. The zero-order valence-corrected chi connectivity index (χ0v) is 14.0. The van der Waals surface area contributed by atoms with Crippen molar-refractivity contribution in [3.63, 3.8) is 0 Å². The third-order valence-electron chi connectivity index (χ3n) is 2.91. The second-order valence-corrected chi connectivity index (χ2v) is 8.68. The lowest BCUT2D eigenvalue weighted by Gasteiger charge is -2.25. The summed E-state index contributed by atoms with van der Waals surface area (Å²) in [5, 5.41) is 1.19. The van der Waals surface area contributed by atoms with Crippen molar-refractivity contribution in [3.8, 4) is 0 Å². The first kappa shape index (κ1) is 17.0. The smallest absolute Gasteiger partial charge is 0.309 e. The van der Waals surface area contributed by atoms with Gasteiger partial charge < -0.3 is 13.9 Å². The lowest BCUT2D eigenvalue weighted by Crippen LogP contribution is -2.44. The van der Waals surface area contributed by atoms with E-state index in [0.29, 0.717) is 5.95 Å². The summed E-state index contributed by atoms with van der Waals surface area (Å²) in [6, 6.07) is 10.1. The number of allylic oxidation sites excluding steroid dienone is 2. The Labute approximate surface area is 127 Å². The molecule has 1 rings (SSSR count). The van der Waals surface area contributed by atoms with Crippen molar-refractivity contribution in [1.29, 1.82) is 0 Å². The van der Waals surface area contributed by atoms with Gasteiger partial charge in [-0.15, -0.1) is 0 Å². The Morgan fingerprint density at radius 3 is 2.38 bits per heavy atom. The molecule has 5 heteroatoms. The van der Waals surface area contributed by atoms with Crippen LogP contribution in [0, 0.1) is 0 Å². The minimum absolute atomic E-state index is 0.226. The molecule has 1 aromatic carbocycles. The van der Waals surface area contributed by atoms with E-state index in [1.165, 1.54) is 12.3 Å². The SMILES string of the molecule is COC(=O)C/C=C/C=C(/OC)O[Si](C)(C)c1ccccc1. The van der Waals surface area contributed by atoms with E-state index in [9.17, 15) is 4.79 Å². The van der Waals surface area contributed by atoms with E-state index in [2.05, 4.69) is 30.0 Å². The van der Waals surface area contributed by atoms with Crippen LogP contribution in [-0.4, -0.2) is 28.5 Å². The standard InChI is InChI=1S/C16H22O4Si/c1-18-15(17)12-8-9-13-16(19-2)20-21(3,4)14-10-6-5-7-11-14/h5-11,13H,12H2,1-4H3/b9-8+,16-13-. The van der Waals surface area contributed by atoms with Crippen molar-refractivity contribution < 1.29 is 18.7 Å². The molecule has 0 heterocycles. The van der Waals surface area contributed by atoms with Crippen LogP contribution in [0.1, 0.15) is 6.42 Å². The molecule has 0 amide bonds. The molecule has 0 spiro atoms. The second-order valence-electron chi connectivity index (χ2n) is 4.88. The van der Waals surface area contributed by atoms with Crippen LogP contribution in [0.25, 0.3) is 0 Å². The summed E-state index contributed by atoms with van der Waals surface area (Å²) in [7, 11) is 0.859. The maximum atomic E-state index is 11.0. The highest BCUT2D eigenvalue weighted by atomic mass is 28.4. The number of ether oxygens (including phenoxy) is 2. The van der Waals surface area contributed by atoms with Crippen LogP contribution in [0.5, 0.6) is 0 Å². The predicted molar refractivity (Wildman–Crippen MR) is 85.5 cm³/mol. The van der Waals surface area contributed by atoms with E-state index in [1.807, 2.05) is 18.2 Å². The Balaban J connectivity index is 2.70. The number of methoxy groups -OCH3 is 2. The molecule has 0 unspecified atom stereocenters. The fourth-order valence-corrected chi connectivity index (χ4v) is 3.46. The van der Waals surface area contributed by atoms with Crippen LogP contribution >= 0.6 is 0 Å². The number of esters is 1. The van der Waals surface area contributed by atoms with Crippen LogP contribution in [0.15, 0.2) is 54.5 Å². The average molecular weight is 306 g/mol. The van der Waals surface area contributed by atoms with Gasteiger partial charge in [0, 0.05) is 6.08 Å². The van der Waals surface area contributed by atoms with Crippen molar-refractivity contribution in [3.05, 3.63) is 54.5 Å². The molecule has 0 bridgehead atoms. The fraction of sp³-hybridized carbons (Fsp3) is 0.312. The van der Waals surface area contributed by atoms with Gasteiger partial charge in [0.1, 0.15) is 0 Å². The van der Waals surface area contributed by atoms with Crippen molar-refractivity contribution in [2.45, 2.75) is 19.5 Å². The van der Waals surface area contributed by atoms with Crippen LogP contribution in [0.2, 0.25) is 13.1 Å². The Bertz CT molecular complexity index is 506. The molecule has 0 atom stereocenters. The van der Waals surface area contributed by atoms with Gasteiger partial charge in [0.05, 0.1) is 20.6 Å². The topological polar surface area (TPSA) is 44.8 Å². The van der Waals surface area contributed by atoms with Gasteiger partial charge in [0.2, 0.25) is 0 Å². The Kier molecular flexibility index (Phi) is 6.75. The molecule has 0 aliphatic heterocycles. The van der Waals surface area contributed by atoms with Crippen molar-refractivity contribution in [1.82, 2.24) is 0 Å². The Hall–Kier alpha value is -2.01. The summed E-state index contributed by atoms with van der Waals surface area (Å²) in [6.45, 7) is 4.21. The highest BCUT2D eigenvalue weighted by Crippen LogP contribution is 2.12. The number of rotatable bonds is 7. The quantitative estimate of drug-likeness (QED) is 0.336. The number of carbonyl (C=O) groups excluding carboxylic acids is 1. The maximum absolute atomic E-state index is 11.0. The maximum Gasteiger partial charge on any atom is 0.309 e. The van der Waals surface area contributed by atoms with Crippen LogP contribution in [0.4, 0.5) is 0 Å². The number of carbonyl (C=O) groups is 1. The monoisotopic (exact) mass is 306 g/mol. The Morgan fingerprint density at radius 1 is 1.14 bits per heavy atom. The summed E-state index contributed by atoms with van der Waals surface area (Å²) < 4.78 is 15.8. The molecular formula is C16H22O4Si. The molecule has 0 aromatic heterocycles. The fourth-order valence-electron chi connectivity index (χ4n) is 1.69. The summed E-state index contributed by atoms with van der Waals surface area (Å²) in [5.41, 5.74) is 0. The van der Waals surface area contributed by atoms with E-state index < -0.39 is 8.32 Å². The summed E-state index contributed by atoms with van der Waals surface area (Å²) in [6.07, 6.45) is 5.36. The van der Waals surface area contributed by atoms with E-state index in [0.717, 1.165) is 0 Å². The summed E-state index contributed by atoms with van der Waals surface area (Å²) in [4.78, 5) is 11.0. The normalized spacial score (nSPS) is 12.3. The Morgan fingerprint density at radius 2 is 1.81 bits per heavy atom. The van der Waals surface area contributed by atoms with Gasteiger partial charge in [-0.25, -0.2) is 0 Å². The number of hydrogen-bond acceptors (Lipinski definition) is 4. The second kappa shape index (κ2) is 8.31. The molecule has 0 aliphatic carbocycles. The third kappa shape index (κ3) is 5.87. The van der Waals surface area contributed by atoms with Gasteiger partial charge in [-0.1, -0.05) is 42.5 Å². The van der Waals surface area contributed by atoms with E-state index >= 15 is 0 Å². The van der Waals surface area contributed by atoms with Gasteiger partial charge in [-0.2, -0.15) is 0 Å². The molecule has 0 radical (unpaired) electrons. The first-order chi connectivity index (χ1) is 9.99. The molecule has 114 valence electrons. The largest absolute Gasteiger partial charge is 0.515 e. The number of benzene rings is 1. The van der Waals surface area contributed by atoms with Crippen LogP contribution < -0.4 is 5.19 Å². The molecule has 0 aliphatic rings. The van der Waals surface area contributed by atoms with Gasteiger partial charge in [0.25, 0.3) is 14.3 Å². The molecular weight excluding hydrogens is 284 g/mol. The lowest BCUT2D eigenvalue weighted by molar-refractivity contribution is -0.139. The van der Waals surface area contributed by atoms with Gasteiger partial charge in [0.15, 0.2) is 0 Å². The van der Waals surface area contributed by atoms with Crippen LogP contribution in [-0.2, 0) is 18.7 Å². The number of hydrogen-bond donors (Lipinski definition) is 0.